The topological polar surface area (TPSA) is 47.4 Å². The van der Waals surface area contributed by atoms with Crippen LogP contribution in [-0.4, -0.2) is 40.3 Å². The molecular formula is C12H19N3O2. The van der Waals surface area contributed by atoms with Gasteiger partial charge in [-0.1, -0.05) is 6.42 Å². The number of hydrogen-bond acceptors (Lipinski definition) is 4. The molecule has 1 saturated heterocycles. The fourth-order valence-corrected chi connectivity index (χ4v) is 2.34. The van der Waals surface area contributed by atoms with Crippen molar-refractivity contribution in [1.29, 1.82) is 0 Å². The Kier molecular flexibility index (Phi) is 3.78. The molecule has 0 radical (unpaired) electrons. The highest BCUT2D eigenvalue weighted by Crippen LogP contribution is 2.19. The van der Waals surface area contributed by atoms with E-state index in [1.54, 1.807) is 4.68 Å². The van der Waals surface area contributed by atoms with Crippen LogP contribution in [0.25, 0.3) is 0 Å². The van der Waals surface area contributed by atoms with E-state index < -0.39 is 0 Å². The van der Waals surface area contributed by atoms with Gasteiger partial charge in [0.05, 0.1) is 12.8 Å². The average Bonchev–Trinajstić information content (AvgIpc) is 2.74. The number of esters is 1. The third-order valence-electron chi connectivity index (χ3n) is 3.22. The number of methoxy groups -OCH3 is 1. The second-order valence-electron chi connectivity index (χ2n) is 4.49. The third kappa shape index (κ3) is 2.85. The molecule has 17 heavy (non-hydrogen) atoms. The Hall–Kier alpha value is -1.36. The summed E-state index contributed by atoms with van der Waals surface area (Å²) in [6, 6.07) is 1.89. The summed E-state index contributed by atoms with van der Waals surface area (Å²) in [7, 11) is 3.35. The number of carbonyl (C=O) groups is 1. The normalized spacial score (nSPS) is 21.4. The molecule has 1 aromatic heterocycles. The lowest BCUT2D eigenvalue weighted by Gasteiger charge is -2.33. The molecule has 0 amide bonds. The molecule has 2 heterocycles. The predicted molar refractivity (Wildman–Crippen MR) is 63.3 cm³/mol. The number of aryl methyl sites for hydroxylation is 1. The monoisotopic (exact) mass is 237 g/mol. The van der Waals surface area contributed by atoms with E-state index in [1.165, 1.54) is 7.11 Å². The van der Waals surface area contributed by atoms with Gasteiger partial charge in [0.1, 0.15) is 6.04 Å². The van der Waals surface area contributed by atoms with Crippen molar-refractivity contribution in [2.45, 2.75) is 31.8 Å². The van der Waals surface area contributed by atoms with Gasteiger partial charge in [0.25, 0.3) is 0 Å². The van der Waals surface area contributed by atoms with Gasteiger partial charge in [0.2, 0.25) is 0 Å². The first-order valence-corrected chi connectivity index (χ1v) is 6.01. The molecule has 0 saturated carbocycles. The molecule has 0 N–H and O–H groups in total. The lowest BCUT2D eigenvalue weighted by Crippen LogP contribution is -2.44. The minimum atomic E-state index is -0.124. The molecular weight excluding hydrogens is 218 g/mol. The molecule has 1 aliphatic heterocycles. The van der Waals surface area contributed by atoms with Gasteiger partial charge in [-0.25, -0.2) is 0 Å². The maximum absolute atomic E-state index is 11.7. The van der Waals surface area contributed by atoms with Gasteiger partial charge >= 0.3 is 5.97 Å². The van der Waals surface area contributed by atoms with Crippen molar-refractivity contribution in [3.05, 3.63) is 18.0 Å². The first-order chi connectivity index (χ1) is 8.20. The smallest absolute Gasteiger partial charge is 0.323 e. The van der Waals surface area contributed by atoms with Crippen LogP contribution < -0.4 is 0 Å². The Morgan fingerprint density at radius 3 is 3.06 bits per heavy atom. The highest BCUT2D eigenvalue weighted by Gasteiger charge is 2.29. The van der Waals surface area contributed by atoms with E-state index in [0.29, 0.717) is 0 Å². The quantitative estimate of drug-likeness (QED) is 0.734. The largest absolute Gasteiger partial charge is 0.468 e. The van der Waals surface area contributed by atoms with E-state index >= 15 is 0 Å². The zero-order valence-corrected chi connectivity index (χ0v) is 10.4. The highest BCUT2D eigenvalue weighted by atomic mass is 16.5. The minimum Gasteiger partial charge on any atom is -0.468 e. The number of rotatable bonds is 3. The molecule has 94 valence electrons. The third-order valence-corrected chi connectivity index (χ3v) is 3.22. The Balaban J connectivity index is 2.03. The molecule has 1 aliphatic rings. The van der Waals surface area contributed by atoms with Crippen molar-refractivity contribution in [2.75, 3.05) is 13.7 Å². The van der Waals surface area contributed by atoms with Gasteiger partial charge in [0, 0.05) is 19.8 Å². The zero-order valence-electron chi connectivity index (χ0n) is 10.4. The van der Waals surface area contributed by atoms with Gasteiger partial charge in [-0.3, -0.25) is 14.4 Å². The van der Waals surface area contributed by atoms with Gasteiger partial charge in [-0.15, -0.1) is 0 Å². The van der Waals surface area contributed by atoms with Crippen LogP contribution in [0.15, 0.2) is 12.3 Å². The van der Waals surface area contributed by atoms with Crippen LogP contribution in [0.3, 0.4) is 0 Å². The highest BCUT2D eigenvalue weighted by molar-refractivity contribution is 5.75. The molecule has 0 aliphatic carbocycles. The van der Waals surface area contributed by atoms with Crippen LogP contribution >= 0.6 is 0 Å². The summed E-state index contributed by atoms with van der Waals surface area (Å²) in [5, 5.41) is 4.35. The first kappa shape index (κ1) is 12.1. The Morgan fingerprint density at radius 2 is 2.41 bits per heavy atom. The fraction of sp³-hybridized carbons (Fsp3) is 0.667. The molecule has 0 bridgehead atoms. The minimum absolute atomic E-state index is 0.101. The lowest BCUT2D eigenvalue weighted by molar-refractivity contribution is -0.148. The summed E-state index contributed by atoms with van der Waals surface area (Å²) in [4.78, 5) is 13.8. The number of hydrogen-bond donors (Lipinski definition) is 0. The van der Waals surface area contributed by atoms with E-state index in [0.717, 1.165) is 38.0 Å². The maximum Gasteiger partial charge on any atom is 0.323 e. The standard InChI is InChI=1S/C12H19N3O2/c1-14-8-6-10(13-14)9-15-7-4-3-5-11(15)12(16)17-2/h6,8,11H,3-5,7,9H2,1-2H3/t11-/m1/s1. The molecule has 1 fully saturated rings. The van der Waals surface area contributed by atoms with Gasteiger partial charge in [-0.05, 0) is 25.5 Å². The molecule has 2 rings (SSSR count). The van der Waals surface area contributed by atoms with Crippen molar-refractivity contribution in [3.8, 4) is 0 Å². The van der Waals surface area contributed by atoms with Crippen LogP contribution in [0.5, 0.6) is 0 Å². The van der Waals surface area contributed by atoms with Crippen LogP contribution in [0, 0.1) is 0 Å². The van der Waals surface area contributed by atoms with Crippen LogP contribution in [0.1, 0.15) is 25.0 Å². The van der Waals surface area contributed by atoms with Crippen LogP contribution in [-0.2, 0) is 23.1 Å². The summed E-state index contributed by atoms with van der Waals surface area (Å²) < 4.78 is 6.64. The second kappa shape index (κ2) is 5.31. The van der Waals surface area contributed by atoms with Gasteiger partial charge in [-0.2, -0.15) is 5.10 Å². The van der Waals surface area contributed by atoms with E-state index in [-0.39, 0.29) is 12.0 Å². The molecule has 0 spiro atoms. The molecule has 0 aromatic carbocycles. The molecule has 0 unspecified atom stereocenters. The number of aromatic nitrogens is 2. The first-order valence-electron chi connectivity index (χ1n) is 6.01. The van der Waals surface area contributed by atoms with Crippen LogP contribution in [0.2, 0.25) is 0 Å². The van der Waals surface area contributed by atoms with Gasteiger partial charge in [0.15, 0.2) is 0 Å². The number of carbonyl (C=O) groups excluding carboxylic acids is 1. The van der Waals surface area contributed by atoms with E-state index in [9.17, 15) is 4.79 Å². The molecule has 1 aromatic rings. The average molecular weight is 237 g/mol. The van der Waals surface area contributed by atoms with Gasteiger partial charge < -0.3 is 4.74 Å². The Labute approximate surface area is 101 Å². The molecule has 5 heteroatoms. The van der Waals surface area contributed by atoms with Crippen molar-refractivity contribution < 1.29 is 9.53 Å². The van der Waals surface area contributed by atoms with Crippen molar-refractivity contribution in [1.82, 2.24) is 14.7 Å². The number of nitrogens with zero attached hydrogens (tertiary/aromatic N) is 3. The Morgan fingerprint density at radius 1 is 1.59 bits per heavy atom. The number of likely N-dealkylation sites (tertiary alicyclic amines) is 1. The van der Waals surface area contributed by atoms with E-state index in [1.807, 2.05) is 19.3 Å². The fourth-order valence-electron chi connectivity index (χ4n) is 2.34. The number of ether oxygens (including phenoxy) is 1. The summed E-state index contributed by atoms with van der Waals surface area (Å²) in [6.45, 7) is 1.66. The number of piperidine rings is 1. The van der Waals surface area contributed by atoms with E-state index in [2.05, 4.69) is 10.00 Å². The van der Waals surface area contributed by atoms with Crippen molar-refractivity contribution in [3.63, 3.8) is 0 Å². The second-order valence-corrected chi connectivity index (χ2v) is 4.49. The molecule has 1 atom stereocenters. The van der Waals surface area contributed by atoms with Crippen LogP contribution in [0.4, 0.5) is 0 Å². The SMILES string of the molecule is COC(=O)[C@H]1CCCCN1Cc1ccn(C)n1. The summed E-state index contributed by atoms with van der Waals surface area (Å²) in [5.41, 5.74) is 1.00. The lowest BCUT2D eigenvalue weighted by atomic mass is 10.0. The van der Waals surface area contributed by atoms with Crippen molar-refractivity contribution >= 4 is 5.97 Å². The van der Waals surface area contributed by atoms with Crippen molar-refractivity contribution in [2.24, 2.45) is 7.05 Å². The molecule has 5 nitrogen and oxygen atoms in total. The Bertz CT molecular complexity index is 389. The predicted octanol–water partition coefficient (Wildman–Crippen LogP) is 0.948. The zero-order chi connectivity index (χ0) is 12.3. The van der Waals surface area contributed by atoms with E-state index in [4.69, 9.17) is 4.74 Å². The maximum atomic E-state index is 11.7. The summed E-state index contributed by atoms with van der Waals surface area (Å²) >= 11 is 0. The summed E-state index contributed by atoms with van der Waals surface area (Å²) in [6.07, 6.45) is 5.05. The summed E-state index contributed by atoms with van der Waals surface area (Å²) in [5.74, 6) is -0.124.